The molecule has 102 valence electrons. The van der Waals surface area contributed by atoms with E-state index < -0.39 is 25.4 Å². The lowest BCUT2D eigenvalue weighted by molar-refractivity contribution is -0.126. The minimum atomic E-state index is -4.31. The highest BCUT2D eigenvalue weighted by atomic mass is 79.9. The molecule has 2 N–H and O–H groups in total. The Hall–Kier alpha value is -0.790. The third kappa shape index (κ3) is 4.47. The predicted octanol–water partition coefficient (Wildman–Crippen LogP) is 2.64. The van der Waals surface area contributed by atoms with Gasteiger partial charge < -0.3 is 9.84 Å². The Morgan fingerprint density at radius 1 is 1.44 bits per heavy atom. The van der Waals surface area contributed by atoms with Crippen LogP contribution in [0.3, 0.4) is 0 Å². The lowest BCUT2D eigenvalue weighted by Gasteiger charge is -2.18. The van der Waals surface area contributed by atoms with Crippen LogP contribution in [-0.4, -0.2) is 31.5 Å². The van der Waals surface area contributed by atoms with E-state index in [1.165, 1.54) is 7.11 Å². The Balaban J connectivity index is 2.79. The van der Waals surface area contributed by atoms with Crippen LogP contribution in [0.25, 0.3) is 0 Å². The molecule has 1 atom stereocenters. The molecule has 0 aliphatic rings. The fourth-order valence-corrected chi connectivity index (χ4v) is 1.98. The molecule has 3 nitrogen and oxygen atoms in total. The van der Waals surface area contributed by atoms with Crippen LogP contribution in [0.2, 0.25) is 0 Å². The van der Waals surface area contributed by atoms with E-state index in [0.717, 1.165) is 0 Å². The lowest BCUT2D eigenvalue weighted by atomic mass is 10.1. The molecule has 1 rings (SSSR count). The van der Waals surface area contributed by atoms with Gasteiger partial charge in [0.2, 0.25) is 0 Å². The van der Waals surface area contributed by atoms with E-state index in [1.807, 2.05) is 0 Å². The fourth-order valence-electron chi connectivity index (χ4n) is 1.43. The summed E-state index contributed by atoms with van der Waals surface area (Å²) in [6.45, 7) is -1.57. The second-order valence-electron chi connectivity index (χ2n) is 3.63. The first-order valence-corrected chi connectivity index (χ1v) is 5.91. The summed E-state index contributed by atoms with van der Waals surface area (Å²) in [4.78, 5) is 0. The number of nitrogens with one attached hydrogen (secondary N) is 1. The zero-order chi connectivity index (χ0) is 13.8. The van der Waals surface area contributed by atoms with Crippen molar-refractivity contribution in [1.29, 1.82) is 0 Å². The molecule has 1 aromatic carbocycles. The van der Waals surface area contributed by atoms with E-state index in [2.05, 4.69) is 21.2 Å². The van der Waals surface area contributed by atoms with E-state index in [-0.39, 0.29) is 0 Å². The monoisotopic (exact) mass is 327 g/mol. The average molecular weight is 328 g/mol. The zero-order valence-corrected chi connectivity index (χ0v) is 11.2. The van der Waals surface area contributed by atoms with Crippen molar-refractivity contribution in [2.75, 3.05) is 20.3 Å². The van der Waals surface area contributed by atoms with Gasteiger partial charge in [0, 0.05) is 0 Å². The number of ether oxygens (including phenoxy) is 1. The summed E-state index contributed by atoms with van der Waals surface area (Å²) in [6.07, 6.45) is -4.31. The molecule has 0 amide bonds. The third-order valence-electron chi connectivity index (χ3n) is 2.31. The van der Waals surface area contributed by atoms with E-state index in [4.69, 9.17) is 9.84 Å². The van der Waals surface area contributed by atoms with Gasteiger partial charge in [-0.2, -0.15) is 13.2 Å². The maximum Gasteiger partial charge on any atom is 0.401 e. The molecule has 1 aromatic rings. The molecule has 0 spiro atoms. The molecule has 1 unspecified atom stereocenters. The highest BCUT2D eigenvalue weighted by Crippen LogP contribution is 2.28. The first-order valence-electron chi connectivity index (χ1n) is 5.12. The third-order valence-corrected chi connectivity index (χ3v) is 2.93. The maximum absolute atomic E-state index is 12.1. The Labute approximate surface area is 111 Å². The molecular formula is C11H13BrF3NO2. The number of benzene rings is 1. The van der Waals surface area contributed by atoms with E-state index in [0.29, 0.717) is 15.8 Å². The highest BCUT2D eigenvalue weighted by molar-refractivity contribution is 9.10. The van der Waals surface area contributed by atoms with Gasteiger partial charge in [0.1, 0.15) is 5.75 Å². The van der Waals surface area contributed by atoms with Gasteiger partial charge in [-0.25, -0.2) is 0 Å². The minimum absolute atomic E-state index is 0.422. The molecule has 7 heteroatoms. The van der Waals surface area contributed by atoms with Crippen molar-refractivity contribution < 1.29 is 23.0 Å². The molecule has 0 radical (unpaired) electrons. The Morgan fingerprint density at radius 2 is 2.11 bits per heavy atom. The smallest absolute Gasteiger partial charge is 0.401 e. The molecule has 0 aromatic heterocycles. The van der Waals surface area contributed by atoms with Crippen molar-refractivity contribution in [2.45, 2.75) is 12.2 Å². The topological polar surface area (TPSA) is 41.5 Å². The second-order valence-corrected chi connectivity index (χ2v) is 4.48. The molecule has 0 fully saturated rings. The first kappa shape index (κ1) is 15.3. The van der Waals surface area contributed by atoms with Gasteiger partial charge >= 0.3 is 6.18 Å². The number of methoxy groups -OCH3 is 1. The zero-order valence-electron chi connectivity index (χ0n) is 9.59. The van der Waals surface area contributed by atoms with Crippen molar-refractivity contribution in [1.82, 2.24) is 5.32 Å². The van der Waals surface area contributed by atoms with Crippen molar-refractivity contribution in [3.05, 3.63) is 28.2 Å². The molecular weight excluding hydrogens is 315 g/mol. The Bertz CT molecular complexity index is 398. The molecule has 0 saturated carbocycles. The van der Waals surface area contributed by atoms with Gasteiger partial charge in [-0.1, -0.05) is 6.07 Å². The maximum atomic E-state index is 12.1. The van der Waals surface area contributed by atoms with Crippen LogP contribution >= 0.6 is 15.9 Å². The first-order chi connectivity index (χ1) is 8.37. The molecule has 0 bridgehead atoms. The summed E-state index contributed by atoms with van der Waals surface area (Å²) < 4.78 is 41.9. The Kier molecular flexibility index (Phi) is 5.43. The van der Waals surface area contributed by atoms with Crippen molar-refractivity contribution in [2.24, 2.45) is 0 Å². The van der Waals surface area contributed by atoms with E-state index in [1.54, 1.807) is 18.2 Å². The number of halogens is 4. The largest absolute Gasteiger partial charge is 0.496 e. The van der Waals surface area contributed by atoms with Crippen LogP contribution in [0.15, 0.2) is 22.7 Å². The van der Waals surface area contributed by atoms with Gasteiger partial charge in [0.15, 0.2) is 0 Å². The van der Waals surface area contributed by atoms with Crippen LogP contribution in [0.4, 0.5) is 13.2 Å². The number of rotatable bonds is 5. The molecule has 0 aliphatic carbocycles. The summed E-state index contributed by atoms with van der Waals surface area (Å²) in [5.41, 5.74) is 0.550. The van der Waals surface area contributed by atoms with Crippen molar-refractivity contribution >= 4 is 15.9 Å². The summed E-state index contributed by atoms with van der Waals surface area (Å²) in [7, 11) is 1.49. The van der Waals surface area contributed by atoms with Crippen molar-refractivity contribution in [3.8, 4) is 5.75 Å². The minimum Gasteiger partial charge on any atom is -0.496 e. The van der Waals surface area contributed by atoms with Crippen LogP contribution in [0.1, 0.15) is 11.6 Å². The quantitative estimate of drug-likeness (QED) is 0.873. The van der Waals surface area contributed by atoms with Crippen LogP contribution in [0.5, 0.6) is 5.75 Å². The number of alkyl halides is 3. The second kappa shape index (κ2) is 6.40. The summed E-state index contributed by atoms with van der Waals surface area (Å²) >= 11 is 3.24. The number of hydrogen-bond donors (Lipinski definition) is 2. The summed E-state index contributed by atoms with van der Waals surface area (Å²) in [6, 6.07) is 4.07. The lowest BCUT2D eigenvalue weighted by Crippen LogP contribution is -2.33. The summed E-state index contributed by atoms with van der Waals surface area (Å²) in [5, 5.41) is 11.4. The molecule has 0 saturated heterocycles. The number of aliphatic hydroxyl groups is 1. The average Bonchev–Trinajstić information content (AvgIpc) is 2.28. The van der Waals surface area contributed by atoms with E-state index in [9.17, 15) is 13.2 Å². The van der Waals surface area contributed by atoms with Crippen LogP contribution in [-0.2, 0) is 0 Å². The fraction of sp³-hybridized carbons (Fsp3) is 0.455. The molecule has 0 aliphatic heterocycles. The van der Waals surface area contributed by atoms with Gasteiger partial charge in [-0.3, -0.25) is 5.32 Å². The van der Waals surface area contributed by atoms with E-state index >= 15 is 0 Å². The SMILES string of the molecule is COc1ccc(C(CO)NCC(F)(F)F)cc1Br. The Morgan fingerprint density at radius 3 is 2.56 bits per heavy atom. The molecule has 0 heterocycles. The van der Waals surface area contributed by atoms with Crippen molar-refractivity contribution in [3.63, 3.8) is 0 Å². The van der Waals surface area contributed by atoms with Crippen LogP contribution < -0.4 is 10.1 Å². The number of aliphatic hydroxyl groups excluding tert-OH is 1. The van der Waals surface area contributed by atoms with Gasteiger partial charge in [-0.05, 0) is 33.6 Å². The summed E-state index contributed by atoms with van der Waals surface area (Å²) in [5.74, 6) is 0.575. The highest BCUT2D eigenvalue weighted by Gasteiger charge is 2.28. The van der Waals surface area contributed by atoms with Crippen LogP contribution in [0, 0.1) is 0 Å². The van der Waals surface area contributed by atoms with Gasteiger partial charge in [0.25, 0.3) is 0 Å². The predicted molar refractivity (Wildman–Crippen MR) is 64.6 cm³/mol. The number of hydrogen-bond acceptors (Lipinski definition) is 3. The van der Waals surface area contributed by atoms with Gasteiger partial charge in [0.05, 0.1) is 30.8 Å². The molecule has 18 heavy (non-hydrogen) atoms. The van der Waals surface area contributed by atoms with Gasteiger partial charge in [-0.15, -0.1) is 0 Å². The normalized spacial score (nSPS) is 13.4. The standard InChI is InChI=1S/C11H13BrF3NO2/c1-18-10-3-2-7(4-8(10)12)9(5-17)16-6-11(13,14)15/h2-4,9,16-17H,5-6H2,1H3.